The van der Waals surface area contributed by atoms with Crippen molar-refractivity contribution in [3.8, 4) is 5.75 Å². The molecule has 2 N–H and O–H groups in total. The minimum Gasteiger partial charge on any atom is -0.492 e. The van der Waals surface area contributed by atoms with E-state index >= 15 is 0 Å². The van der Waals surface area contributed by atoms with Crippen molar-refractivity contribution in [3.05, 3.63) is 29.3 Å². The van der Waals surface area contributed by atoms with Gasteiger partial charge in [-0.1, -0.05) is 38.4 Å². The first-order valence-electron chi connectivity index (χ1n) is 6.27. The van der Waals surface area contributed by atoms with E-state index in [0.717, 1.165) is 0 Å². The van der Waals surface area contributed by atoms with Gasteiger partial charge in [0.15, 0.2) is 0 Å². The van der Waals surface area contributed by atoms with Crippen LogP contribution >= 0.6 is 11.6 Å². The number of urea groups is 1. The minimum absolute atomic E-state index is 0.0780. The van der Waals surface area contributed by atoms with Gasteiger partial charge in [-0.2, -0.15) is 0 Å². The van der Waals surface area contributed by atoms with Gasteiger partial charge in [0, 0.05) is 11.6 Å². The van der Waals surface area contributed by atoms with Crippen LogP contribution in [-0.4, -0.2) is 25.7 Å². The Balaban J connectivity index is 2.15. The molecule has 0 aliphatic heterocycles. The topological polar surface area (TPSA) is 50.4 Å². The lowest BCUT2D eigenvalue weighted by molar-refractivity contribution is 0.231. The fraction of sp³-hybridized carbons (Fsp3) is 0.500. The van der Waals surface area contributed by atoms with Crippen molar-refractivity contribution in [2.45, 2.75) is 20.8 Å². The van der Waals surface area contributed by atoms with Gasteiger partial charge in [-0.25, -0.2) is 4.79 Å². The fourth-order valence-corrected chi connectivity index (χ4v) is 1.48. The third-order valence-corrected chi connectivity index (χ3v) is 2.47. The first-order chi connectivity index (χ1) is 8.87. The molecule has 5 heteroatoms. The van der Waals surface area contributed by atoms with E-state index < -0.39 is 0 Å². The predicted octanol–water partition coefficient (Wildman–Crippen LogP) is 3.06. The summed E-state index contributed by atoms with van der Waals surface area (Å²) in [4.78, 5) is 11.5. The first-order valence-corrected chi connectivity index (χ1v) is 6.65. The molecule has 0 aromatic heterocycles. The number of rotatable bonds is 5. The lowest BCUT2D eigenvalue weighted by atomic mass is 9.97. The van der Waals surface area contributed by atoms with Crippen molar-refractivity contribution >= 4 is 17.6 Å². The summed E-state index contributed by atoms with van der Waals surface area (Å²) in [6, 6.07) is 6.99. The maximum absolute atomic E-state index is 11.5. The van der Waals surface area contributed by atoms with Crippen LogP contribution in [0.4, 0.5) is 4.79 Å². The molecule has 0 spiro atoms. The number of carbonyl (C=O) groups excluding carboxylic acids is 1. The molecule has 0 saturated carbocycles. The van der Waals surface area contributed by atoms with Gasteiger partial charge in [0.05, 0.1) is 6.54 Å². The molecule has 0 unspecified atom stereocenters. The number of halogens is 1. The van der Waals surface area contributed by atoms with Crippen LogP contribution in [0.5, 0.6) is 5.75 Å². The standard InChI is InChI=1S/C14H21ClN2O2/c1-14(2,3)10-17-13(18)16-7-8-19-12-6-4-5-11(15)9-12/h4-6,9H,7-8,10H2,1-3H3,(H2,16,17,18). The van der Waals surface area contributed by atoms with Gasteiger partial charge in [0.2, 0.25) is 0 Å². The molecule has 0 fully saturated rings. The molecule has 0 aliphatic rings. The van der Waals surface area contributed by atoms with Crippen LogP contribution in [0, 0.1) is 5.41 Å². The summed E-state index contributed by atoms with van der Waals surface area (Å²) in [7, 11) is 0. The maximum atomic E-state index is 11.5. The van der Waals surface area contributed by atoms with Crippen LogP contribution in [0.2, 0.25) is 5.02 Å². The van der Waals surface area contributed by atoms with Crippen molar-refractivity contribution in [1.82, 2.24) is 10.6 Å². The lowest BCUT2D eigenvalue weighted by Gasteiger charge is -2.18. The van der Waals surface area contributed by atoms with Crippen LogP contribution < -0.4 is 15.4 Å². The van der Waals surface area contributed by atoms with Crippen LogP contribution in [0.3, 0.4) is 0 Å². The first kappa shape index (κ1) is 15.6. The number of benzene rings is 1. The Morgan fingerprint density at radius 3 is 2.68 bits per heavy atom. The number of carbonyl (C=O) groups is 1. The highest BCUT2D eigenvalue weighted by atomic mass is 35.5. The van der Waals surface area contributed by atoms with Gasteiger partial charge in [-0.3, -0.25) is 0 Å². The molecule has 1 rings (SSSR count). The normalized spacial score (nSPS) is 10.9. The zero-order chi connectivity index (χ0) is 14.3. The van der Waals surface area contributed by atoms with Crippen molar-refractivity contribution in [3.63, 3.8) is 0 Å². The molecular formula is C14H21ClN2O2. The summed E-state index contributed by atoms with van der Waals surface area (Å²) < 4.78 is 5.46. The Labute approximate surface area is 119 Å². The Kier molecular flexibility index (Phi) is 5.96. The van der Waals surface area contributed by atoms with E-state index in [4.69, 9.17) is 16.3 Å². The molecule has 0 atom stereocenters. The molecular weight excluding hydrogens is 264 g/mol. The van der Waals surface area contributed by atoms with Gasteiger partial charge in [-0.15, -0.1) is 0 Å². The zero-order valence-corrected chi connectivity index (χ0v) is 12.4. The van der Waals surface area contributed by atoms with E-state index in [1.807, 2.05) is 12.1 Å². The number of hydrogen-bond acceptors (Lipinski definition) is 2. The Morgan fingerprint density at radius 2 is 2.05 bits per heavy atom. The molecule has 2 amide bonds. The van der Waals surface area contributed by atoms with Crippen molar-refractivity contribution in [1.29, 1.82) is 0 Å². The smallest absolute Gasteiger partial charge is 0.314 e. The quantitative estimate of drug-likeness (QED) is 0.817. The van der Waals surface area contributed by atoms with Crippen molar-refractivity contribution in [2.24, 2.45) is 5.41 Å². The molecule has 106 valence electrons. The Hall–Kier alpha value is -1.42. The van der Waals surface area contributed by atoms with Gasteiger partial charge in [0.25, 0.3) is 0 Å². The average Bonchev–Trinajstić information content (AvgIpc) is 2.31. The average molecular weight is 285 g/mol. The number of nitrogens with one attached hydrogen (secondary N) is 2. The summed E-state index contributed by atoms with van der Waals surface area (Å²) in [6.45, 7) is 7.68. The SMILES string of the molecule is CC(C)(C)CNC(=O)NCCOc1cccc(Cl)c1. The molecule has 19 heavy (non-hydrogen) atoms. The van der Waals surface area contributed by atoms with E-state index in [9.17, 15) is 4.79 Å². The monoisotopic (exact) mass is 284 g/mol. The number of ether oxygens (including phenoxy) is 1. The molecule has 0 saturated heterocycles. The second-order valence-electron chi connectivity index (χ2n) is 5.48. The summed E-state index contributed by atoms with van der Waals surface area (Å²) in [5, 5.41) is 6.17. The zero-order valence-electron chi connectivity index (χ0n) is 11.6. The maximum Gasteiger partial charge on any atom is 0.314 e. The molecule has 0 radical (unpaired) electrons. The third-order valence-electron chi connectivity index (χ3n) is 2.23. The molecule has 4 nitrogen and oxygen atoms in total. The molecule has 1 aromatic rings. The van der Waals surface area contributed by atoms with E-state index in [1.54, 1.807) is 12.1 Å². The highest BCUT2D eigenvalue weighted by Gasteiger charge is 2.11. The lowest BCUT2D eigenvalue weighted by Crippen LogP contribution is -2.41. The van der Waals surface area contributed by atoms with Gasteiger partial charge in [-0.05, 0) is 23.6 Å². The Morgan fingerprint density at radius 1 is 1.32 bits per heavy atom. The fourth-order valence-electron chi connectivity index (χ4n) is 1.30. The largest absolute Gasteiger partial charge is 0.492 e. The highest BCUT2D eigenvalue weighted by molar-refractivity contribution is 6.30. The minimum atomic E-state index is -0.176. The second kappa shape index (κ2) is 7.24. The third kappa shape index (κ3) is 7.57. The second-order valence-corrected chi connectivity index (χ2v) is 5.91. The van der Waals surface area contributed by atoms with Crippen LogP contribution in [0.15, 0.2) is 24.3 Å². The number of hydrogen-bond donors (Lipinski definition) is 2. The van der Waals surface area contributed by atoms with E-state index in [-0.39, 0.29) is 11.4 Å². The van der Waals surface area contributed by atoms with Gasteiger partial charge < -0.3 is 15.4 Å². The van der Waals surface area contributed by atoms with Crippen molar-refractivity contribution in [2.75, 3.05) is 19.7 Å². The van der Waals surface area contributed by atoms with E-state index in [2.05, 4.69) is 31.4 Å². The van der Waals surface area contributed by atoms with E-state index in [1.165, 1.54) is 0 Å². The number of amides is 2. The summed E-state index contributed by atoms with van der Waals surface area (Å²) in [5.74, 6) is 0.699. The molecule has 0 heterocycles. The van der Waals surface area contributed by atoms with Crippen LogP contribution in [0.1, 0.15) is 20.8 Å². The van der Waals surface area contributed by atoms with Crippen molar-refractivity contribution < 1.29 is 9.53 Å². The van der Waals surface area contributed by atoms with Gasteiger partial charge in [0.1, 0.15) is 12.4 Å². The summed E-state index contributed by atoms with van der Waals surface area (Å²) in [5.41, 5.74) is 0.0780. The molecule has 1 aromatic carbocycles. The van der Waals surface area contributed by atoms with Gasteiger partial charge >= 0.3 is 6.03 Å². The van der Waals surface area contributed by atoms with Crippen LogP contribution in [0.25, 0.3) is 0 Å². The van der Waals surface area contributed by atoms with Crippen LogP contribution in [-0.2, 0) is 0 Å². The Bertz CT molecular complexity index is 416. The molecule has 0 bridgehead atoms. The highest BCUT2D eigenvalue weighted by Crippen LogP contribution is 2.16. The van der Waals surface area contributed by atoms with E-state index in [0.29, 0.717) is 30.5 Å². The summed E-state index contributed by atoms with van der Waals surface area (Å²) >= 11 is 5.83. The summed E-state index contributed by atoms with van der Waals surface area (Å²) in [6.07, 6.45) is 0. The predicted molar refractivity (Wildman–Crippen MR) is 77.8 cm³/mol. The molecule has 0 aliphatic carbocycles.